The maximum Gasteiger partial charge on any atom is 0.331 e. The summed E-state index contributed by atoms with van der Waals surface area (Å²) in [6.45, 7) is 4.21. The van der Waals surface area contributed by atoms with Gasteiger partial charge in [0, 0.05) is 0 Å². The molecule has 0 aromatic heterocycles. The zero-order chi connectivity index (χ0) is 19.3. The number of rotatable bonds is 5. The van der Waals surface area contributed by atoms with Crippen LogP contribution in [0.2, 0.25) is 0 Å². The van der Waals surface area contributed by atoms with E-state index < -0.39 is 17.0 Å². The minimum atomic E-state index is -1.33. The van der Waals surface area contributed by atoms with Gasteiger partial charge in [0.15, 0.2) is 6.29 Å². The highest BCUT2D eigenvalue weighted by atomic mass is 16.7. The summed E-state index contributed by atoms with van der Waals surface area (Å²) >= 11 is 0. The first-order valence-corrected chi connectivity index (χ1v) is 10.9. The van der Waals surface area contributed by atoms with Gasteiger partial charge in [-0.2, -0.15) is 5.26 Å². The molecule has 3 aliphatic rings. The molecule has 0 aromatic carbocycles. The van der Waals surface area contributed by atoms with E-state index in [9.17, 15) is 10.1 Å². The van der Waals surface area contributed by atoms with Crippen LogP contribution in [-0.2, 0) is 19.0 Å². The average Bonchev–Trinajstić information content (AvgIpc) is 2.70. The minimum Gasteiger partial charge on any atom is -0.458 e. The fourth-order valence-corrected chi connectivity index (χ4v) is 4.94. The molecule has 2 saturated carbocycles. The number of nitriles is 1. The van der Waals surface area contributed by atoms with Crippen LogP contribution < -0.4 is 0 Å². The van der Waals surface area contributed by atoms with Crippen molar-refractivity contribution in [2.75, 3.05) is 13.2 Å². The molecule has 0 unspecified atom stereocenters. The van der Waals surface area contributed by atoms with Crippen LogP contribution in [0.5, 0.6) is 0 Å². The summed E-state index contributed by atoms with van der Waals surface area (Å²) in [5, 5.41) is 9.64. The van der Waals surface area contributed by atoms with E-state index in [1.165, 1.54) is 32.1 Å². The molecule has 3 rings (SSSR count). The number of esters is 1. The van der Waals surface area contributed by atoms with Crippen molar-refractivity contribution in [3.8, 4) is 6.07 Å². The van der Waals surface area contributed by atoms with Crippen LogP contribution in [0.15, 0.2) is 0 Å². The van der Waals surface area contributed by atoms with Gasteiger partial charge >= 0.3 is 5.97 Å². The van der Waals surface area contributed by atoms with Crippen molar-refractivity contribution in [3.05, 3.63) is 0 Å². The Morgan fingerprint density at radius 1 is 1.07 bits per heavy atom. The average molecular weight is 378 g/mol. The van der Waals surface area contributed by atoms with Gasteiger partial charge in [0.1, 0.15) is 5.60 Å². The number of nitrogens with zero attached hydrogens (tertiary/aromatic N) is 1. The largest absolute Gasteiger partial charge is 0.458 e. The highest BCUT2D eigenvalue weighted by Gasteiger charge is 2.48. The zero-order valence-electron chi connectivity index (χ0n) is 17.0. The van der Waals surface area contributed by atoms with Crippen LogP contribution in [-0.4, -0.2) is 31.1 Å². The summed E-state index contributed by atoms with van der Waals surface area (Å²) in [6, 6.07) is 2.12. The Morgan fingerprint density at radius 2 is 1.67 bits per heavy atom. The van der Waals surface area contributed by atoms with Crippen LogP contribution in [0.1, 0.15) is 84.5 Å². The fourth-order valence-electron chi connectivity index (χ4n) is 4.94. The van der Waals surface area contributed by atoms with Gasteiger partial charge < -0.3 is 14.2 Å². The summed E-state index contributed by atoms with van der Waals surface area (Å²) in [6.07, 6.45) is 12.3. The van der Waals surface area contributed by atoms with E-state index in [4.69, 9.17) is 14.2 Å². The Kier molecular flexibility index (Phi) is 6.81. The lowest BCUT2D eigenvalue weighted by atomic mass is 9.70. The maximum atomic E-state index is 12.9. The number of hydrogen-bond donors (Lipinski definition) is 0. The quantitative estimate of drug-likeness (QED) is 0.647. The normalized spacial score (nSPS) is 38.1. The van der Waals surface area contributed by atoms with E-state index in [1.807, 2.05) is 6.92 Å². The molecule has 0 aromatic rings. The van der Waals surface area contributed by atoms with Gasteiger partial charge in [0.2, 0.25) is 5.41 Å². The molecular weight excluding hydrogens is 342 g/mol. The van der Waals surface area contributed by atoms with Crippen molar-refractivity contribution in [3.63, 3.8) is 0 Å². The molecule has 0 radical (unpaired) electrons. The van der Waals surface area contributed by atoms with Gasteiger partial charge in [-0.05, 0) is 50.9 Å². The summed E-state index contributed by atoms with van der Waals surface area (Å²) in [7, 11) is 0. The van der Waals surface area contributed by atoms with Crippen LogP contribution in [0, 0.1) is 28.6 Å². The molecule has 2 aliphatic carbocycles. The van der Waals surface area contributed by atoms with Gasteiger partial charge in [-0.25, -0.2) is 0 Å². The van der Waals surface area contributed by atoms with Crippen molar-refractivity contribution in [1.82, 2.24) is 0 Å². The summed E-state index contributed by atoms with van der Waals surface area (Å²) in [5.41, 5.74) is -1.79. The molecule has 0 atom stereocenters. The molecule has 0 spiro atoms. The molecule has 152 valence electrons. The van der Waals surface area contributed by atoms with E-state index in [1.54, 1.807) is 0 Å². The number of carbonyl (C=O) groups is 1. The topological polar surface area (TPSA) is 68.5 Å². The van der Waals surface area contributed by atoms with Gasteiger partial charge in [0.05, 0.1) is 19.3 Å². The van der Waals surface area contributed by atoms with Crippen molar-refractivity contribution < 1.29 is 19.0 Å². The Balaban J connectivity index is 1.53. The van der Waals surface area contributed by atoms with E-state index in [0.717, 1.165) is 50.4 Å². The third-order valence-corrected chi connectivity index (χ3v) is 6.90. The highest BCUT2D eigenvalue weighted by Crippen LogP contribution is 2.43. The van der Waals surface area contributed by atoms with Gasteiger partial charge in [-0.3, -0.25) is 4.79 Å². The number of hydrogen-bond acceptors (Lipinski definition) is 5. The Hall–Kier alpha value is -1.12. The first-order valence-electron chi connectivity index (χ1n) is 10.9. The fraction of sp³-hybridized carbons (Fsp3) is 0.909. The van der Waals surface area contributed by atoms with E-state index in [0.29, 0.717) is 0 Å². The lowest BCUT2D eigenvalue weighted by Gasteiger charge is -2.42. The van der Waals surface area contributed by atoms with Crippen molar-refractivity contribution in [2.24, 2.45) is 17.3 Å². The van der Waals surface area contributed by atoms with Crippen LogP contribution in [0.4, 0.5) is 0 Å². The Morgan fingerprint density at radius 3 is 2.22 bits per heavy atom. The molecule has 0 bridgehead atoms. The van der Waals surface area contributed by atoms with Crippen LogP contribution in [0.25, 0.3) is 0 Å². The summed E-state index contributed by atoms with van der Waals surface area (Å²) < 4.78 is 17.2. The lowest BCUT2D eigenvalue weighted by molar-refractivity contribution is -0.232. The standard InChI is InChI=1S/C22H35NO4/c1-3-7-19-25-15-22(14-23,16-26-19)20(24)27-21(2)12-10-18(11-13-21)17-8-5-4-6-9-17/h17-19H,3-13,15-16H2,1-2H3. The first kappa shape index (κ1) is 20.6. The molecule has 1 aliphatic heterocycles. The van der Waals surface area contributed by atoms with E-state index in [2.05, 4.69) is 13.0 Å². The van der Waals surface area contributed by atoms with E-state index >= 15 is 0 Å². The third-order valence-electron chi connectivity index (χ3n) is 6.90. The molecule has 0 N–H and O–H groups in total. The highest BCUT2D eigenvalue weighted by molar-refractivity contribution is 5.81. The second-order valence-electron chi connectivity index (χ2n) is 9.11. The van der Waals surface area contributed by atoms with Crippen molar-refractivity contribution >= 4 is 5.97 Å². The second-order valence-corrected chi connectivity index (χ2v) is 9.11. The van der Waals surface area contributed by atoms with Crippen molar-refractivity contribution in [2.45, 2.75) is 96.4 Å². The molecule has 0 amide bonds. The molecular formula is C22H35NO4. The first-order chi connectivity index (χ1) is 13.0. The molecule has 3 fully saturated rings. The van der Waals surface area contributed by atoms with Crippen LogP contribution in [0.3, 0.4) is 0 Å². The van der Waals surface area contributed by atoms with E-state index in [-0.39, 0.29) is 19.5 Å². The summed E-state index contributed by atoms with van der Waals surface area (Å²) in [4.78, 5) is 12.9. The van der Waals surface area contributed by atoms with Crippen LogP contribution >= 0.6 is 0 Å². The lowest BCUT2D eigenvalue weighted by Crippen LogP contribution is -2.50. The van der Waals surface area contributed by atoms with Gasteiger partial charge in [-0.15, -0.1) is 0 Å². The third kappa shape index (κ3) is 4.84. The predicted molar refractivity (Wildman–Crippen MR) is 102 cm³/mol. The molecule has 1 heterocycles. The maximum absolute atomic E-state index is 12.9. The number of carbonyl (C=O) groups excluding carboxylic acids is 1. The molecule has 27 heavy (non-hydrogen) atoms. The molecule has 5 nitrogen and oxygen atoms in total. The molecule has 1 saturated heterocycles. The Bertz CT molecular complexity index is 533. The zero-order valence-corrected chi connectivity index (χ0v) is 17.0. The SMILES string of the molecule is CCCC1OCC(C#N)(C(=O)OC2(C)CCC(C3CCCCC3)CC2)CO1. The monoisotopic (exact) mass is 377 g/mol. The minimum absolute atomic E-state index is 0.0633. The van der Waals surface area contributed by atoms with Crippen molar-refractivity contribution in [1.29, 1.82) is 5.26 Å². The molecule has 5 heteroatoms. The van der Waals surface area contributed by atoms with Gasteiger partial charge in [-0.1, -0.05) is 45.4 Å². The summed E-state index contributed by atoms with van der Waals surface area (Å²) in [5.74, 6) is 1.16. The Labute approximate surface area is 163 Å². The van der Waals surface area contributed by atoms with Gasteiger partial charge in [0.25, 0.3) is 0 Å². The number of ether oxygens (including phenoxy) is 3. The smallest absolute Gasteiger partial charge is 0.331 e. The second kappa shape index (κ2) is 8.92. The predicted octanol–water partition coefficient (Wildman–Crippen LogP) is 4.74.